The molecule has 1 aliphatic rings. The molecular weight excluding hydrogens is 333 g/mol. The highest BCUT2D eigenvalue weighted by molar-refractivity contribution is 6.31. The maximum Gasteiger partial charge on any atom is 0.433 e. The lowest BCUT2D eigenvalue weighted by atomic mass is 10.2. The summed E-state index contributed by atoms with van der Waals surface area (Å²) in [5, 5.41) is -0.292. The van der Waals surface area contributed by atoms with Crippen LogP contribution in [0.5, 0.6) is 0 Å². The van der Waals surface area contributed by atoms with Crippen molar-refractivity contribution in [2.24, 2.45) is 4.99 Å². The Bertz CT molecular complexity index is 682. The number of carbonyl (C=O) groups excluding carboxylic acids is 1. The zero-order valence-electron chi connectivity index (χ0n) is 12.0. The van der Waals surface area contributed by atoms with Crippen LogP contribution in [0.2, 0.25) is 0 Å². The Morgan fingerprint density at radius 1 is 1.30 bits per heavy atom. The number of amidine groups is 1. The van der Waals surface area contributed by atoms with Gasteiger partial charge in [0.2, 0.25) is 0 Å². The summed E-state index contributed by atoms with van der Waals surface area (Å²) in [6, 6.07) is 7.54. The van der Waals surface area contributed by atoms with Crippen LogP contribution >= 0.6 is 11.6 Å². The van der Waals surface area contributed by atoms with Crippen molar-refractivity contribution in [2.45, 2.75) is 13.1 Å². The molecule has 0 fully saturated rings. The quantitative estimate of drug-likeness (QED) is 0.812. The van der Waals surface area contributed by atoms with Gasteiger partial charge in [0.15, 0.2) is 5.70 Å². The highest BCUT2D eigenvalue weighted by Gasteiger charge is 2.37. The van der Waals surface area contributed by atoms with Crippen LogP contribution in [0.4, 0.5) is 13.2 Å². The Morgan fingerprint density at radius 3 is 2.52 bits per heavy atom. The van der Waals surface area contributed by atoms with Gasteiger partial charge in [-0.3, -0.25) is 4.79 Å². The van der Waals surface area contributed by atoms with Gasteiger partial charge in [-0.25, -0.2) is 4.90 Å². The minimum absolute atomic E-state index is 0.0357. The van der Waals surface area contributed by atoms with Gasteiger partial charge in [-0.2, -0.15) is 18.2 Å². The summed E-state index contributed by atoms with van der Waals surface area (Å²) in [5.74, 6) is -0.604. The van der Waals surface area contributed by atoms with E-state index in [2.05, 4.69) is 4.99 Å². The lowest BCUT2D eigenvalue weighted by Crippen LogP contribution is -2.34. The fourth-order valence-corrected chi connectivity index (χ4v) is 1.98. The van der Waals surface area contributed by atoms with E-state index in [1.54, 1.807) is 25.1 Å². The monoisotopic (exact) mass is 344 g/mol. The molecule has 0 aliphatic carbocycles. The number of alkyl halides is 3. The lowest BCUT2D eigenvalue weighted by molar-refractivity contribution is -0.0926. The van der Waals surface area contributed by atoms with Crippen molar-refractivity contribution in [3.05, 3.63) is 58.9 Å². The Balaban J connectivity index is 2.47. The van der Waals surface area contributed by atoms with Crippen molar-refractivity contribution in [3.63, 3.8) is 0 Å². The van der Waals surface area contributed by atoms with E-state index in [0.717, 1.165) is 11.1 Å². The number of halogens is 4. The van der Waals surface area contributed by atoms with Crippen molar-refractivity contribution < 1.29 is 22.7 Å². The van der Waals surface area contributed by atoms with Crippen LogP contribution < -0.4 is 0 Å². The molecule has 0 atom stereocenters. The van der Waals surface area contributed by atoms with Crippen LogP contribution in [-0.2, 0) is 4.74 Å². The predicted octanol–water partition coefficient (Wildman–Crippen LogP) is 4.06. The molecular formula is C15H12ClF3N2O2. The molecule has 0 bridgehead atoms. The summed E-state index contributed by atoms with van der Waals surface area (Å²) in [7, 11) is 0. The lowest BCUT2D eigenvalue weighted by Gasteiger charge is -2.19. The van der Waals surface area contributed by atoms with E-state index in [4.69, 9.17) is 16.3 Å². The molecule has 2 rings (SSSR count). The third kappa shape index (κ3) is 4.13. The first kappa shape index (κ1) is 17.1. The number of ether oxygens (including phenoxy) is 1. The van der Waals surface area contributed by atoms with Crippen LogP contribution in [0.15, 0.2) is 58.3 Å². The molecule has 0 aromatic heterocycles. The number of amides is 1. The molecule has 1 aromatic carbocycles. The standard InChI is InChI=1S/C15H12ClF3N2O2/c1-2-23-14-20-12(15(17,18)19)8-11(16)9-21(14)13(22)10-6-4-3-5-7-10/h3-9H,2H2,1H3. The number of rotatable bonds is 2. The molecule has 23 heavy (non-hydrogen) atoms. The summed E-state index contributed by atoms with van der Waals surface area (Å²) in [4.78, 5) is 16.8. The molecule has 4 nitrogen and oxygen atoms in total. The maximum atomic E-state index is 12.9. The van der Waals surface area contributed by atoms with Gasteiger partial charge in [-0.15, -0.1) is 0 Å². The molecule has 0 unspecified atom stereocenters. The highest BCUT2D eigenvalue weighted by atomic mass is 35.5. The summed E-state index contributed by atoms with van der Waals surface area (Å²) in [5.41, 5.74) is -0.985. The molecule has 0 radical (unpaired) electrons. The van der Waals surface area contributed by atoms with Gasteiger partial charge in [-0.05, 0) is 25.1 Å². The number of hydrogen-bond acceptors (Lipinski definition) is 3. The second-order valence-corrected chi connectivity index (χ2v) is 4.85. The van der Waals surface area contributed by atoms with Crippen LogP contribution in [0, 0.1) is 0 Å². The molecule has 0 saturated heterocycles. The average Bonchev–Trinajstić information content (AvgIpc) is 2.67. The van der Waals surface area contributed by atoms with E-state index in [9.17, 15) is 18.0 Å². The number of allylic oxidation sites excluding steroid dienone is 3. The van der Waals surface area contributed by atoms with E-state index in [1.165, 1.54) is 12.1 Å². The minimum Gasteiger partial charge on any atom is -0.465 e. The van der Waals surface area contributed by atoms with Crippen LogP contribution in [0.1, 0.15) is 17.3 Å². The number of benzene rings is 1. The second-order valence-electron chi connectivity index (χ2n) is 4.41. The fraction of sp³-hybridized carbons (Fsp3) is 0.200. The van der Waals surface area contributed by atoms with Crippen LogP contribution in [0.3, 0.4) is 0 Å². The molecule has 1 heterocycles. The first-order valence-corrected chi connectivity index (χ1v) is 6.97. The molecule has 1 amide bonds. The topological polar surface area (TPSA) is 41.9 Å². The van der Waals surface area contributed by atoms with Crippen molar-refractivity contribution in [2.75, 3.05) is 6.61 Å². The van der Waals surface area contributed by atoms with Crippen LogP contribution in [-0.4, -0.2) is 29.6 Å². The normalized spacial score (nSPS) is 15.3. The van der Waals surface area contributed by atoms with Gasteiger partial charge in [0.25, 0.3) is 5.91 Å². The maximum absolute atomic E-state index is 12.9. The average molecular weight is 345 g/mol. The van der Waals surface area contributed by atoms with Crippen molar-refractivity contribution in [1.82, 2.24) is 4.90 Å². The molecule has 0 N–H and O–H groups in total. The second kappa shape index (κ2) is 6.87. The largest absolute Gasteiger partial charge is 0.465 e. The van der Waals surface area contributed by atoms with Crippen LogP contribution in [0.25, 0.3) is 0 Å². The van der Waals surface area contributed by atoms with Crippen molar-refractivity contribution >= 4 is 23.5 Å². The highest BCUT2D eigenvalue weighted by Crippen LogP contribution is 2.30. The van der Waals surface area contributed by atoms with E-state index in [0.29, 0.717) is 6.08 Å². The van der Waals surface area contributed by atoms with Crippen molar-refractivity contribution in [1.29, 1.82) is 0 Å². The molecule has 0 spiro atoms. The van der Waals surface area contributed by atoms with Gasteiger partial charge in [0.1, 0.15) is 0 Å². The summed E-state index contributed by atoms with van der Waals surface area (Å²) < 4.78 is 43.9. The van der Waals surface area contributed by atoms with E-state index in [-0.39, 0.29) is 17.2 Å². The molecule has 8 heteroatoms. The zero-order chi connectivity index (χ0) is 17.0. The molecule has 0 saturated carbocycles. The van der Waals surface area contributed by atoms with Gasteiger partial charge < -0.3 is 4.74 Å². The van der Waals surface area contributed by atoms with E-state index in [1.807, 2.05) is 0 Å². The SMILES string of the molecule is CCOC1=NC(C(F)(F)F)=CC(Cl)=CN1C(=O)c1ccccc1. The Labute approximate surface area is 135 Å². The predicted molar refractivity (Wildman–Crippen MR) is 79.7 cm³/mol. The minimum atomic E-state index is -4.72. The zero-order valence-corrected chi connectivity index (χ0v) is 12.7. The Kier molecular flexibility index (Phi) is 5.10. The van der Waals surface area contributed by atoms with E-state index >= 15 is 0 Å². The smallest absolute Gasteiger partial charge is 0.433 e. The summed E-state index contributed by atoms with van der Waals surface area (Å²) in [6.07, 6.45) is -3.04. The van der Waals surface area contributed by atoms with Gasteiger partial charge in [0, 0.05) is 11.8 Å². The number of nitrogens with zero attached hydrogens (tertiary/aromatic N) is 2. The summed E-state index contributed by atoms with van der Waals surface area (Å²) >= 11 is 5.78. The third-order valence-electron chi connectivity index (χ3n) is 2.75. The fourth-order valence-electron chi connectivity index (χ4n) is 1.78. The van der Waals surface area contributed by atoms with Crippen molar-refractivity contribution in [3.8, 4) is 0 Å². The number of carbonyl (C=O) groups is 1. The Morgan fingerprint density at radius 2 is 1.96 bits per heavy atom. The Hall–Kier alpha value is -2.28. The van der Waals surface area contributed by atoms with Gasteiger partial charge >= 0.3 is 12.2 Å². The van der Waals surface area contributed by atoms with Gasteiger partial charge in [-0.1, -0.05) is 29.8 Å². The molecule has 1 aliphatic heterocycles. The van der Waals surface area contributed by atoms with E-state index < -0.39 is 23.8 Å². The first-order chi connectivity index (χ1) is 10.8. The number of hydrogen-bond donors (Lipinski definition) is 0. The molecule has 1 aromatic rings. The number of aliphatic imine (C=N–C) groups is 1. The van der Waals surface area contributed by atoms with Gasteiger partial charge in [0.05, 0.1) is 11.6 Å². The molecule has 122 valence electrons. The third-order valence-corrected chi connectivity index (χ3v) is 2.96. The summed E-state index contributed by atoms with van der Waals surface area (Å²) in [6.45, 7) is 1.61. The first-order valence-electron chi connectivity index (χ1n) is 6.59.